The van der Waals surface area contributed by atoms with E-state index in [4.69, 9.17) is 4.74 Å². The lowest BCUT2D eigenvalue weighted by Crippen LogP contribution is -2.54. The molecular formula is C33H41N3O5S. The van der Waals surface area contributed by atoms with Gasteiger partial charge < -0.3 is 15.0 Å². The van der Waals surface area contributed by atoms with Crippen molar-refractivity contribution in [3.05, 3.63) is 95.6 Å². The van der Waals surface area contributed by atoms with Crippen molar-refractivity contribution in [3.8, 4) is 5.75 Å². The average Bonchev–Trinajstić information content (AvgIpc) is 3.50. The summed E-state index contributed by atoms with van der Waals surface area (Å²) in [6, 6.07) is 23.3. The third kappa shape index (κ3) is 8.35. The highest BCUT2D eigenvalue weighted by Gasteiger charge is 2.34. The summed E-state index contributed by atoms with van der Waals surface area (Å²) in [6.45, 7) is 1.70. The van der Waals surface area contributed by atoms with Gasteiger partial charge >= 0.3 is 0 Å². The van der Waals surface area contributed by atoms with Gasteiger partial charge in [-0.2, -0.15) is 0 Å². The number of nitrogens with one attached hydrogen (secondary N) is 1. The maximum Gasteiger partial charge on any atom is 0.244 e. The molecule has 224 valence electrons. The minimum atomic E-state index is -3.81. The van der Waals surface area contributed by atoms with Crippen molar-refractivity contribution < 1.29 is 22.7 Å². The fourth-order valence-corrected chi connectivity index (χ4v) is 6.25. The Kier molecular flexibility index (Phi) is 10.6. The van der Waals surface area contributed by atoms with Gasteiger partial charge in [0.25, 0.3) is 0 Å². The minimum absolute atomic E-state index is 0.0640. The van der Waals surface area contributed by atoms with E-state index in [1.54, 1.807) is 19.2 Å². The molecule has 8 nitrogen and oxygen atoms in total. The zero-order valence-corrected chi connectivity index (χ0v) is 25.5. The predicted molar refractivity (Wildman–Crippen MR) is 166 cm³/mol. The number of methoxy groups -OCH3 is 1. The van der Waals surface area contributed by atoms with E-state index in [1.807, 2.05) is 73.7 Å². The normalized spacial score (nSPS) is 14.3. The van der Waals surface area contributed by atoms with Crippen LogP contribution in [0.15, 0.2) is 78.9 Å². The van der Waals surface area contributed by atoms with Gasteiger partial charge in [0.2, 0.25) is 21.8 Å². The molecule has 3 aromatic rings. The largest absolute Gasteiger partial charge is 0.497 e. The molecule has 0 aromatic heterocycles. The number of carbonyl (C=O) groups excluding carboxylic acids is 2. The number of benzene rings is 3. The molecule has 1 aliphatic carbocycles. The van der Waals surface area contributed by atoms with Crippen molar-refractivity contribution in [1.82, 2.24) is 10.2 Å². The molecule has 0 aliphatic heterocycles. The lowest BCUT2D eigenvalue weighted by atomic mass is 10.0. The Balaban J connectivity index is 1.72. The fourth-order valence-electron chi connectivity index (χ4n) is 5.40. The van der Waals surface area contributed by atoms with E-state index in [2.05, 4.69) is 5.32 Å². The number of rotatable bonds is 13. The molecule has 9 heteroatoms. The molecule has 1 atom stereocenters. The summed E-state index contributed by atoms with van der Waals surface area (Å²) in [4.78, 5) is 29.7. The quantitative estimate of drug-likeness (QED) is 0.310. The summed E-state index contributed by atoms with van der Waals surface area (Å²) in [5.41, 5.74) is 3.14. The zero-order valence-electron chi connectivity index (χ0n) is 24.7. The molecule has 0 spiro atoms. The van der Waals surface area contributed by atoms with Gasteiger partial charge in [-0.3, -0.25) is 13.9 Å². The van der Waals surface area contributed by atoms with Crippen LogP contribution in [0.2, 0.25) is 0 Å². The Labute approximate surface area is 249 Å². The summed E-state index contributed by atoms with van der Waals surface area (Å²) in [5.74, 6) is -0.0748. The predicted octanol–water partition coefficient (Wildman–Crippen LogP) is 4.72. The van der Waals surface area contributed by atoms with E-state index < -0.39 is 28.5 Å². The van der Waals surface area contributed by atoms with Crippen LogP contribution in [0.1, 0.15) is 49.3 Å². The summed E-state index contributed by atoms with van der Waals surface area (Å²) in [6.07, 6.45) is 6.12. The topological polar surface area (TPSA) is 96.0 Å². The highest BCUT2D eigenvalue weighted by Crippen LogP contribution is 2.23. The molecule has 1 saturated carbocycles. The standard InChI is InChI=1S/C33H41N3O5S/c1-4-25-17-19-29(20-18-25)36(42(3,39)40)24-32(37)35(23-27-13-10-16-30(21-27)41-2)31(22-26-11-6-5-7-12-26)33(38)34-28-14-8-9-15-28/h5-7,10-13,16-21,28,31H,4,8-9,14-15,22-24H2,1-3H3,(H,34,38). The summed E-state index contributed by atoms with van der Waals surface area (Å²) in [5, 5.41) is 3.18. The molecule has 1 aliphatic rings. The van der Waals surface area contributed by atoms with Gasteiger partial charge in [-0.15, -0.1) is 0 Å². The fraction of sp³-hybridized carbons (Fsp3) is 0.394. The highest BCUT2D eigenvalue weighted by atomic mass is 32.2. The Hall–Kier alpha value is -3.85. The highest BCUT2D eigenvalue weighted by molar-refractivity contribution is 7.92. The van der Waals surface area contributed by atoms with E-state index in [0.717, 1.165) is 59.4 Å². The minimum Gasteiger partial charge on any atom is -0.497 e. The Morgan fingerprint density at radius 2 is 1.60 bits per heavy atom. The van der Waals surface area contributed by atoms with Crippen LogP contribution in [0.3, 0.4) is 0 Å². The molecule has 2 amide bonds. The molecule has 3 aromatic carbocycles. The Morgan fingerprint density at radius 1 is 0.929 bits per heavy atom. The molecule has 1 N–H and O–H groups in total. The number of amides is 2. The van der Waals surface area contributed by atoms with E-state index in [-0.39, 0.29) is 18.5 Å². The molecule has 1 fully saturated rings. The van der Waals surface area contributed by atoms with Crippen LogP contribution < -0.4 is 14.4 Å². The lowest BCUT2D eigenvalue weighted by molar-refractivity contribution is -0.140. The SMILES string of the molecule is CCc1ccc(N(CC(=O)N(Cc2cccc(OC)c2)C(Cc2ccccc2)C(=O)NC2CCCC2)S(C)(=O)=O)cc1. The lowest BCUT2D eigenvalue weighted by Gasteiger charge is -2.34. The van der Waals surface area contributed by atoms with Gasteiger partial charge in [0.15, 0.2) is 0 Å². The monoisotopic (exact) mass is 591 g/mol. The third-order valence-electron chi connectivity index (χ3n) is 7.77. The molecule has 0 heterocycles. The van der Waals surface area contributed by atoms with Crippen LogP contribution in [-0.2, 0) is 39.0 Å². The van der Waals surface area contributed by atoms with Gasteiger partial charge in [0, 0.05) is 19.0 Å². The summed E-state index contributed by atoms with van der Waals surface area (Å²) in [7, 11) is -2.24. The Morgan fingerprint density at radius 3 is 2.21 bits per heavy atom. The second-order valence-corrected chi connectivity index (χ2v) is 12.8. The smallest absolute Gasteiger partial charge is 0.244 e. The maximum absolute atomic E-state index is 14.2. The molecule has 1 unspecified atom stereocenters. The number of hydrogen-bond donors (Lipinski definition) is 1. The van der Waals surface area contributed by atoms with Crippen molar-refractivity contribution in [1.29, 1.82) is 0 Å². The first-order valence-corrected chi connectivity index (χ1v) is 16.4. The molecule has 42 heavy (non-hydrogen) atoms. The zero-order chi connectivity index (χ0) is 30.1. The van der Waals surface area contributed by atoms with Crippen LogP contribution in [0.4, 0.5) is 5.69 Å². The number of carbonyl (C=O) groups is 2. The summed E-state index contributed by atoms with van der Waals surface area (Å²) < 4.78 is 32.5. The van der Waals surface area contributed by atoms with Crippen molar-refractivity contribution in [2.75, 3.05) is 24.2 Å². The van der Waals surface area contributed by atoms with Crippen LogP contribution in [0, 0.1) is 0 Å². The second kappa shape index (κ2) is 14.4. The Bertz CT molecular complexity index is 1440. The first-order chi connectivity index (χ1) is 20.2. The van der Waals surface area contributed by atoms with Crippen LogP contribution in [0.25, 0.3) is 0 Å². The van der Waals surface area contributed by atoms with Gasteiger partial charge in [0.1, 0.15) is 18.3 Å². The van der Waals surface area contributed by atoms with Gasteiger partial charge in [-0.25, -0.2) is 8.42 Å². The van der Waals surface area contributed by atoms with Crippen molar-refractivity contribution in [2.45, 2.75) is 64.1 Å². The van der Waals surface area contributed by atoms with Crippen molar-refractivity contribution in [2.24, 2.45) is 0 Å². The van der Waals surface area contributed by atoms with E-state index in [1.165, 1.54) is 4.90 Å². The van der Waals surface area contributed by atoms with Crippen LogP contribution in [-0.4, -0.2) is 57.1 Å². The van der Waals surface area contributed by atoms with E-state index >= 15 is 0 Å². The summed E-state index contributed by atoms with van der Waals surface area (Å²) >= 11 is 0. The van der Waals surface area contributed by atoms with Crippen LogP contribution in [0.5, 0.6) is 5.75 Å². The number of ether oxygens (including phenoxy) is 1. The second-order valence-electron chi connectivity index (χ2n) is 10.9. The number of nitrogens with zero attached hydrogens (tertiary/aromatic N) is 2. The number of sulfonamides is 1. The molecule has 0 bridgehead atoms. The van der Waals surface area contributed by atoms with Gasteiger partial charge in [-0.05, 0) is 60.2 Å². The first kappa shape index (κ1) is 31.1. The van der Waals surface area contributed by atoms with E-state index in [9.17, 15) is 18.0 Å². The van der Waals surface area contributed by atoms with E-state index in [0.29, 0.717) is 17.9 Å². The number of aryl methyl sites for hydroxylation is 1. The number of anilines is 1. The molecule has 0 radical (unpaired) electrons. The first-order valence-electron chi connectivity index (χ1n) is 14.5. The van der Waals surface area contributed by atoms with Crippen LogP contribution >= 0.6 is 0 Å². The van der Waals surface area contributed by atoms with Gasteiger partial charge in [-0.1, -0.05) is 74.4 Å². The average molecular weight is 592 g/mol. The maximum atomic E-state index is 14.2. The number of hydrogen-bond acceptors (Lipinski definition) is 5. The molecular weight excluding hydrogens is 550 g/mol. The third-order valence-corrected chi connectivity index (χ3v) is 8.91. The molecule has 4 rings (SSSR count). The van der Waals surface area contributed by atoms with Crippen molar-refractivity contribution in [3.63, 3.8) is 0 Å². The van der Waals surface area contributed by atoms with Gasteiger partial charge in [0.05, 0.1) is 19.1 Å². The molecule has 0 saturated heterocycles. The van der Waals surface area contributed by atoms with Crippen molar-refractivity contribution >= 4 is 27.5 Å².